The maximum Gasteiger partial charge on any atom is 0.264 e. The fourth-order valence-electron chi connectivity index (χ4n) is 4.15. The van der Waals surface area contributed by atoms with Gasteiger partial charge >= 0.3 is 0 Å². The number of anilines is 1. The average Bonchev–Trinajstić information content (AvgIpc) is 3.11. The van der Waals surface area contributed by atoms with E-state index in [1.807, 2.05) is 6.92 Å². The van der Waals surface area contributed by atoms with Gasteiger partial charge in [0.25, 0.3) is 5.91 Å². The van der Waals surface area contributed by atoms with Gasteiger partial charge < -0.3 is 20.4 Å². The second-order valence-electron chi connectivity index (χ2n) is 7.49. The molecule has 0 fully saturated rings. The summed E-state index contributed by atoms with van der Waals surface area (Å²) in [5.41, 5.74) is 3.50. The number of carbonyl (C=O) groups excluding carboxylic acids is 1. The van der Waals surface area contributed by atoms with Gasteiger partial charge in [-0.05, 0) is 42.9 Å². The van der Waals surface area contributed by atoms with Crippen LogP contribution in [-0.2, 0) is 6.42 Å². The van der Waals surface area contributed by atoms with Crippen LogP contribution in [0.4, 0.5) is 5.82 Å². The van der Waals surface area contributed by atoms with E-state index >= 15 is 0 Å². The van der Waals surface area contributed by atoms with Crippen molar-refractivity contribution in [1.82, 2.24) is 14.9 Å². The molecule has 0 radical (unpaired) electrons. The van der Waals surface area contributed by atoms with Gasteiger partial charge in [-0.1, -0.05) is 24.3 Å². The van der Waals surface area contributed by atoms with E-state index in [9.17, 15) is 15.0 Å². The monoisotopic (exact) mass is 426 g/mol. The minimum absolute atomic E-state index is 0.149. The lowest BCUT2D eigenvalue weighted by molar-refractivity contribution is 0.0689. The van der Waals surface area contributed by atoms with E-state index in [0.29, 0.717) is 4.88 Å². The number of rotatable bonds is 7. The van der Waals surface area contributed by atoms with Gasteiger partial charge in [0.1, 0.15) is 17.0 Å². The Morgan fingerprint density at radius 2 is 2.00 bits per heavy atom. The van der Waals surface area contributed by atoms with Crippen LogP contribution in [0.3, 0.4) is 0 Å². The van der Waals surface area contributed by atoms with Crippen molar-refractivity contribution >= 4 is 33.3 Å². The fourth-order valence-corrected chi connectivity index (χ4v) is 5.27. The first kappa shape index (κ1) is 20.7. The van der Waals surface area contributed by atoms with Crippen LogP contribution in [0.15, 0.2) is 30.6 Å². The van der Waals surface area contributed by atoms with Crippen LogP contribution in [0.2, 0.25) is 0 Å². The molecule has 3 aromatic rings. The van der Waals surface area contributed by atoms with E-state index in [4.69, 9.17) is 0 Å². The van der Waals surface area contributed by atoms with Gasteiger partial charge in [0.05, 0.1) is 29.5 Å². The second-order valence-corrected chi connectivity index (χ2v) is 8.49. The Bertz CT molecular complexity index is 1050. The van der Waals surface area contributed by atoms with Crippen LogP contribution >= 0.6 is 11.3 Å². The van der Waals surface area contributed by atoms with Crippen LogP contribution in [0.1, 0.15) is 45.2 Å². The summed E-state index contributed by atoms with van der Waals surface area (Å²) in [5, 5.41) is 23.0. The highest BCUT2D eigenvalue weighted by molar-refractivity contribution is 7.20. The van der Waals surface area contributed by atoms with E-state index in [0.717, 1.165) is 40.9 Å². The molecule has 0 saturated carbocycles. The number of aryl methyl sites for hydroxylation is 2. The van der Waals surface area contributed by atoms with Crippen molar-refractivity contribution < 1.29 is 15.0 Å². The maximum atomic E-state index is 13.0. The first-order chi connectivity index (χ1) is 14.6. The molecule has 0 unspecified atom stereocenters. The van der Waals surface area contributed by atoms with Crippen LogP contribution < -0.4 is 5.32 Å². The van der Waals surface area contributed by atoms with Crippen LogP contribution in [0.25, 0.3) is 10.2 Å². The lowest BCUT2D eigenvalue weighted by atomic mass is 9.87. The fraction of sp³-hybridized carbons (Fsp3) is 0.409. The molecule has 4 rings (SSSR count). The largest absolute Gasteiger partial charge is 0.395 e. The quantitative estimate of drug-likeness (QED) is 0.537. The van der Waals surface area contributed by atoms with Gasteiger partial charge in [0.15, 0.2) is 0 Å². The highest BCUT2D eigenvalue weighted by Gasteiger charge is 2.25. The summed E-state index contributed by atoms with van der Waals surface area (Å²) >= 11 is 1.33. The number of aliphatic hydroxyl groups is 2. The van der Waals surface area contributed by atoms with Gasteiger partial charge in [0, 0.05) is 13.1 Å². The molecule has 8 heteroatoms. The van der Waals surface area contributed by atoms with E-state index in [2.05, 4.69) is 39.6 Å². The summed E-state index contributed by atoms with van der Waals surface area (Å²) in [5.74, 6) is 0.540. The molecule has 1 aliphatic rings. The van der Waals surface area contributed by atoms with E-state index in [1.165, 1.54) is 33.7 Å². The maximum absolute atomic E-state index is 13.0. The zero-order valence-electron chi connectivity index (χ0n) is 17.0. The smallest absolute Gasteiger partial charge is 0.264 e. The molecule has 1 aliphatic carbocycles. The number of benzene rings is 1. The van der Waals surface area contributed by atoms with Crippen LogP contribution in [0.5, 0.6) is 0 Å². The number of hydrogen-bond acceptors (Lipinski definition) is 7. The molecule has 0 aliphatic heterocycles. The summed E-state index contributed by atoms with van der Waals surface area (Å²) in [6.45, 7) is 1.98. The van der Waals surface area contributed by atoms with Crippen molar-refractivity contribution in [2.75, 3.05) is 31.6 Å². The third kappa shape index (κ3) is 3.90. The summed E-state index contributed by atoms with van der Waals surface area (Å²) < 4.78 is 0. The minimum atomic E-state index is -0.201. The molecule has 1 aromatic carbocycles. The first-order valence-electron chi connectivity index (χ1n) is 10.2. The van der Waals surface area contributed by atoms with Crippen molar-refractivity contribution in [3.63, 3.8) is 0 Å². The summed E-state index contributed by atoms with van der Waals surface area (Å²) in [7, 11) is 0. The predicted octanol–water partition coefficient (Wildman–Crippen LogP) is 2.92. The van der Waals surface area contributed by atoms with Gasteiger partial charge in [-0.3, -0.25) is 4.79 Å². The average molecular weight is 427 g/mol. The Kier molecular flexibility index (Phi) is 6.26. The molecule has 2 heterocycles. The lowest BCUT2D eigenvalue weighted by Gasteiger charge is -2.27. The number of nitrogens with one attached hydrogen (secondary N) is 1. The van der Waals surface area contributed by atoms with Gasteiger partial charge in [-0.25, -0.2) is 9.97 Å². The van der Waals surface area contributed by atoms with Crippen molar-refractivity contribution in [1.29, 1.82) is 0 Å². The molecule has 0 bridgehead atoms. The molecular weight excluding hydrogens is 400 g/mol. The van der Waals surface area contributed by atoms with E-state index in [1.54, 1.807) is 0 Å². The van der Waals surface area contributed by atoms with Crippen molar-refractivity contribution in [3.8, 4) is 0 Å². The van der Waals surface area contributed by atoms with E-state index in [-0.39, 0.29) is 38.3 Å². The van der Waals surface area contributed by atoms with Gasteiger partial charge in [-0.2, -0.15) is 0 Å². The van der Waals surface area contributed by atoms with Gasteiger partial charge in [-0.15, -0.1) is 11.3 Å². The van der Waals surface area contributed by atoms with Crippen LogP contribution in [0, 0.1) is 6.92 Å². The minimum Gasteiger partial charge on any atom is -0.395 e. The zero-order chi connectivity index (χ0) is 21.1. The van der Waals surface area contributed by atoms with Crippen molar-refractivity contribution in [3.05, 3.63) is 52.2 Å². The van der Waals surface area contributed by atoms with Crippen molar-refractivity contribution in [2.24, 2.45) is 0 Å². The number of fused-ring (bicyclic) bond motifs is 2. The highest BCUT2D eigenvalue weighted by atomic mass is 32.1. The lowest BCUT2D eigenvalue weighted by Crippen LogP contribution is -2.35. The topological polar surface area (TPSA) is 98.6 Å². The zero-order valence-corrected chi connectivity index (χ0v) is 17.8. The molecule has 7 nitrogen and oxygen atoms in total. The standard InChI is InChI=1S/C22H26N4O3S/c1-14-18-20(25-17-8-4-6-15-5-2-3-7-16(15)17)23-13-24-21(18)30-19(14)22(29)26(9-11-27)10-12-28/h2-3,5,7,13,17,27-28H,4,6,8-12H2,1H3,(H,23,24,25)/t17-/m1/s1. The molecule has 158 valence electrons. The number of amides is 1. The molecule has 3 N–H and O–H groups in total. The molecular formula is C22H26N4O3S. The molecule has 0 saturated heterocycles. The molecule has 1 amide bonds. The third-order valence-electron chi connectivity index (χ3n) is 5.63. The summed E-state index contributed by atoms with van der Waals surface area (Å²) in [6, 6.07) is 8.67. The third-order valence-corrected chi connectivity index (χ3v) is 6.82. The second kappa shape index (κ2) is 9.07. The Balaban J connectivity index is 1.69. The Morgan fingerprint density at radius 3 is 2.77 bits per heavy atom. The summed E-state index contributed by atoms with van der Waals surface area (Å²) in [6.07, 6.45) is 4.77. The molecule has 0 spiro atoms. The van der Waals surface area contributed by atoms with Crippen LogP contribution in [-0.4, -0.2) is 57.3 Å². The highest BCUT2D eigenvalue weighted by Crippen LogP contribution is 2.37. The van der Waals surface area contributed by atoms with Crippen molar-refractivity contribution in [2.45, 2.75) is 32.2 Å². The number of aromatic nitrogens is 2. The molecule has 30 heavy (non-hydrogen) atoms. The molecule has 2 aromatic heterocycles. The van der Waals surface area contributed by atoms with Gasteiger partial charge in [0.2, 0.25) is 0 Å². The van der Waals surface area contributed by atoms with E-state index < -0.39 is 0 Å². The number of thiophene rings is 1. The SMILES string of the molecule is Cc1c(C(=O)N(CCO)CCO)sc2ncnc(N[C@@H]3CCCc4ccccc43)c12. The number of carbonyl (C=O) groups is 1. The Labute approximate surface area is 179 Å². The summed E-state index contributed by atoms with van der Waals surface area (Å²) in [4.78, 5) is 24.7. The number of nitrogens with zero attached hydrogens (tertiary/aromatic N) is 3. The number of hydrogen-bond donors (Lipinski definition) is 3. The Morgan fingerprint density at radius 1 is 1.23 bits per heavy atom. The number of aliphatic hydroxyl groups excluding tert-OH is 2. The first-order valence-corrected chi connectivity index (χ1v) is 11.0. The Hall–Kier alpha value is -2.55. The normalized spacial score (nSPS) is 15.8. The predicted molar refractivity (Wildman–Crippen MR) is 118 cm³/mol. The molecule has 1 atom stereocenters.